The van der Waals surface area contributed by atoms with Gasteiger partial charge in [0.2, 0.25) is 5.91 Å². The van der Waals surface area contributed by atoms with Gasteiger partial charge in [-0.1, -0.05) is 18.2 Å². The third kappa shape index (κ3) is 3.56. The summed E-state index contributed by atoms with van der Waals surface area (Å²) in [6.07, 6.45) is 0. The molecule has 2 amide bonds. The molecule has 0 atom stereocenters. The molecule has 8 heteroatoms. The lowest BCUT2D eigenvalue weighted by molar-refractivity contribution is -0.143. The van der Waals surface area contributed by atoms with Crippen LogP contribution in [0.4, 0.5) is 4.39 Å². The van der Waals surface area contributed by atoms with Gasteiger partial charge >= 0.3 is 0 Å². The lowest BCUT2D eigenvalue weighted by Gasteiger charge is -2.38. The fourth-order valence-corrected chi connectivity index (χ4v) is 4.25. The van der Waals surface area contributed by atoms with E-state index in [0.717, 1.165) is 9.58 Å². The van der Waals surface area contributed by atoms with Crippen molar-refractivity contribution in [2.75, 3.05) is 13.2 Å². The quantitative estimate of drug-likeness (QED) is 0.649. The summed E-state index contributed by atoms with van der Waals surface area (Å²) < 4.78 is 25.5. The minimum atomic E-state index is -1.17. The van der Waals surface area contributed by atoms with Crippen molar-refractivity contribution >= 4 is 33.2 Å². The minimum absolute atomic E-state index is 0.0617. The summed E-state index contributed by atoms with van der Waals surface area (Å²) >= 11 is 1.47. The average Bonchev–Trinajstić information content (AvgIpc) is 2.98. The molecule has 3 N–H and O–H groups in total. The summed E-state index contributed by atoms with van der Waals surface area (Å²) in [5.41, 5.74) is 5.18. The molecular weight excluding hydrogens is 395 g/mol. The third-order valence-corrected chi connectivity index (χ3v) is 6.02. The number of carbonyl (C=O) groups excluding carboxylic acids is 2. The molecule has 0 saturated carbocycles. The number of primary amides is 1. The molecular formula is C21H19FN2O4S. The van der Waals surface area contributed by atoms with Crippen LogP contribution in [0.3, 0.4) is 0 Å². The van der Waals surface area contributed by atoms with Gasteiger partial charge in [0.1, 0.15) is 18.2 Å². The molecule has 1 fully saturated rings. The zero-order chi connectivity index (χ0) is 20.6. The number of halogens is 1. The smallest absolute Gasteiger partial charge is 0.254 e. The summed E-state index contributed by atoms with van der Waals surface area (Å²) in [7, 11) is 0. The molecule has 6 nitrogen and oxygen atoms in total. The first-order chi connectivity index (χ1) is 13.9. The molecule has 0 aliphatic carbocycles. The van der Waals surface area contributed by atoms with E-state index in [0.29, 0.717) is 22.3 Å². The first kappa shape index (κ1) is 19.4. The SMILES string of the molecule is Cc1sc2ccc(OCc3ccccc3F)cc2c1C(=O)NC1(C(N)=O)COC1. The van der Waals surface area contributed by atoms with Gasteiger partial charge in [0.15, 0.2) is 5.54 Å². The second-order valence-electron chi connectivity index (χ2n) is 6.96. The van der Waals surface area contributed by atoms with Crippen LogP contribution in [0.25, 0.3) is 10.1 Å². The van der Waals surface area contributed by atoms with Gasteiger partial charge in [0, 0.05) is 20.5 Å². The average molecular weight is 414 g/mol. The van der Waals surface area contributed by atoms with E-state index in [1.807, 2.05) is 13.0 Å². The van der Waals surface area contributed by atoms with E-state index >= 15 is 0 Å². The maximum absolute atomic E-state index is 13.8. The van der Waals surface area contributed by atoms with E-state index in [2.05, 4.69) is 5.32 Å². The highest BCUT2D eigenvalue weighted by molar-refractivity contribution is 7.19. The Bertz CT molecular complexity index is 1110. The maximum Gasteiger partial charge on any atom is 0.254 e. The Labute approximate surface area is 170 Å². The van der Waals surface area contributed by atoms with Gasteiger partial charge in [0.05, 0.1) is 18.8 Å². The molecule has 1 saturated heterocycles. The zero-order valence-corrected chi connectivity index (χ0v) is 16.5. The highest BCUT2D eigenvalue weighted by atomic mass is 32.1. The van der Waals surface area contributed by atoms with Crippen LogP contribution < -0.4 is 15.8 Å². The number of ether oxygens (including phenoxy) is 2. The van der Waals surface area contributed by atoms with Crippen molar-refractivity contribution in [3.8, 4) is 5.75 Å². The highest BCUT2D eigenvalue weighted by Gasteiger charge is 2.46. The van der Waals surface area contributed by atoms with Crippen LogP contribution in [0.2, 0.25) is 0 Å². The molecule has 3 aromatic rings. The molecule has 0 radical (unpaired) electrons. The molecule has 2 aromatic carbocycles. The number of aryl methyl sites for hydroxylation is 1. The van der Waals surface area contributed by atoms with Gasteiger partial charge in [-0.3, -0.25) is 9.59 Å². The lowest BCUT2D eigenvalue weighted by atomic mass is 9.95. The van der Waals surface area contributed by atoms with E-state index in [1.165, 1.54) is 17.4 Å². The molecule has 0 bridgehead atoms. The number of nitrogens with one attached hydrogen (secondary N) is 1. The van der Waals surface area contributed by atoms with Gasteiger partial charge in [-0.15, -0.1) is 11.3 Å². The third-order valence-electron chi connectivity index (χ3n) is 4.94. The van der Waals surface area contributed by atoms with Crippen molar-refractivity contribution in [2.45, 2.75) is 19.1 Å². The first-order valence-corrected chi connectivity index (χ1v) is 9.81. The Hall–Kier alpha value is -2.97. The maximum atomic E-state index is 13.8. The summed E-state index contributed by atoms with van der Waals surface area (Å²) in [6.45, 7) is 2.04. The number of carbonyl (C=O) groups is 2. The fraction of sp³-hybridized carbons (Fsp3) is 0.238. The van der Waals surface area contributed by atoms with E-state index in [1.54, 1.807) is 30.3 Å². The van der Waals surface area contributed by atoms with Crippen molar-refractivity contribution in [2.24, 2.45) is 5.73 Å². The van der Waals surface area contributed by atoms with Crippen LogP contribution in [-0.2, 0) is 16.1 Å². The number of nitrogens with two attached hydrogens (primary N) is 1. The van der Waals surface area contributed by atoms with Crippen molar-refractivity contribution in [3.63, 3.8) is 0 Å². The molecule has 1 aromatic heterocycles. The van der Waals surface area contributed by atoms with Crippen LogP contribution in [0, 0.1) is 12.7 Å². The molecule has 29 heavy (non-hydrogen) atoms. The summed E-state index contributed by atoms with van der Waals surface area (Å²) in [4.78, 5) is 25.5. The van der Waals surface area contributed by atoms with Gasteiger partial charge in [-0.05, 0) is 31.2 Å². The number of rotatable bonds is 6. The first-order valence-electron chi connectivity index (χ1n) is 8.99. The van der Waals surface area contributed by atoms with Crippen LogP contribution in [0.15, 0.2) is 42.5 Å². The van der Waals surface area contributed by atoms with Crippen LogP contribution >= 0.6 is 11.3 Å². The van der Waals surface area contributed by atoms with Crippen LogP contribution in [0.1, 0.15) is 20.8 Å². The summed E-state index contributed by atoms with van der Waals surface area (Å²) in [5.74, 6) is -0.825. The molecule has 0 unspecified atom stereocenters. The molecule has 1 aliphatic heterocycles. The number of amides is 2. The second kappa shape index (κ2) is 7.46. The van der Waals surface area contributed by atoms with Crippen molar-refractivity contribution in [3.05, 3.63) is 64.3 Å². The Kier molecular flexibility index (Phi) is 4.97. The van der Waals surface area contributed by atoms with Crippen molar-refractivity contribution in [1.82, 2.24) is 5.32 Å². The number of hydrogen-bond donors (Lipinski definition) is 2. The van der Waals surface area contributed by atoms with Crippen molar-refractivity contribution < 1.29 is 23.5 Å². The van der Waals surface area contributed by atoms with Crippen LogP contribution in [0.5, 0.6) is 5.75 Å². The molecule has 1 aliphatic rings. The normalized spacial score (nSPS) is 15.0. The standard InChI is InChI=1S/C21H19FN2O4S/c1-12-18(19(25)24-21(20(23)26)10-27-11-21)15-8-14(6-7-17(15)29-12)28-9-13-4-2-3-5-16(13)22/h2-8H,9-11H2,1H3,(H2,23,26)(H,24,25). The largest absolute Gasteiger partial charge is 0.489 e. The number of fused-ring (bicyclic) bond motifs is 1. The van der Waals surface area contributed by atoms with Crippen LogP contribution in [-0.4, -0.2) is 30.6 Å². The summed E-state index contributed by atoms with van der Waals surface area (Å²) in [6, 6.07) is 11.8. The Morgan fingerprint density at radius 3 is 2.69 bits per heavy atom. The Morgan fingerprint density at radius 2 is 2.03 bits per heavy atom. The highest BCUT2D eigenvalue weighted by Crippen LogP contribution is 2.34. The Morgan fingerprint density at radius 1 is 1.28 bits per heavy atom. The lowest BCUT2D eigenvalue weighted by Crippen LogP contribution is -2.69. The monoisotopic (exact) mass is 414 g/mol. The Balaban J connectivity index is 1.60. The fourth-order valence-electron chi connectivity index (χ4n) is 3.21. The molecule has 0 spiro atoms. The molecule has 2 heterocycles. The number of hydrogen-bond acceptors (Lipinski definition) is 5. The molecule has 4 rings (SSSR count). The van der Waals surface area contributed by atoms with E-state index < -0.39 is 11.4 Å². The number of benzene rings is 2. The van der Waals surface area contributed by atoms with Gasteiger partial charge in [0.25, 0.3) is 5.91 Å². The van der Waals surface area contributed by atoms with Crippen molar-refractivity contribution in [1.29, 1.82) is 0 Å². The van der Waals surface area contributed by atoms with E-state index in [9.17, 15) is 14.0 Å². The van der Waals surface area contributed by atoms with Gasteiger partial charge in [-0.2, -0.15) is 0 Å². The van der Waals surface area contributed by atoms with E-state index in [-0.39, 0.29) is 31.5 Å². The van der Waals surface area contributed by atoms with Gasteiger partial charge < -0.3 is 20.5 Å². The van der Waals surface area contributed by atoms with Gasteiger partial charge in [-0.25, -0.2) is 4.39 Å². The minimum Gasteiger partial charge on any atom is -0.489 e. The zero-order valence-electron chi connectivity index (χ0n) is 15.7. The molecule has 150 valence electrons. The predicted octanol–water partition coefficient (Wildman–Crippen LogP) is 2.91. The number of thiophene rings is 1. The summed E-state index contributed by atoms with van der Waals surface area (Å²) in [5, 5.41) is 3.43. The predicted molar refractivity (Wildman–Crippen MR) is 108 cm³/mol. The topological polar surface area (TPSA) is 90.6 Å². The second-order valence-corrected chi connectivity index (χ2v) is 8.22. The van der Waals surface area contributed by atoms with E-state index in [4.69, 9.17) is 15.2 Å².